The topological polar surface area (TPSA) is 102 Å². The summed E-state index contributed by atoms with van der Waals surface area (Å²) in [4.78, 5) is 4.28. The van der Waals surface area contributed by atoms with Gasteiger partial charge in [-0.25, -0.2) is 9.37 Å². The van der Waals surface area contributed by atoms with Crippen LogP contribution < -0.4 is 20.5 Å². The van der Waals surface area contributed by atoms with Crippen LogP contribution in [-0.4, -0.2) is 34.6 Å². The number of benzene rings is 2. The Morgan fingerprint density at radius 1 is 1.19 bits per heavy atom. The van der Waals surface area contributed by atoms with Gasteiger partial charge in [-0.05, 0) is 55.9 Å². The van der Waals surface area contributed by atoms with Crippen molar-refractivity contribution in [2.45, 2.75) is 37.9 Å². The van der Waals surface area contributed by atoms with Gasteiger partial charge in [0, 0.05) is 47.2 Å². The Balaban J connectivity index is 1.45. The molecule has 1 atom stereocenters. The van der Waals surface area contributed by atoms with Crippen LogP contribution in [0.1, 0.15) is 43.4 Å². The van der Waals surface area contributed by atoms with E-state index in [2.05, 4.69) is 15.5 Å². The Labute approximate surface area is 218 Å². The number of nitrogens with zero attached hydrogens (tertiary/aromatic N) is 2. The zero-order valence-corrected chi connectivity index (χ0v) is 21.0. The number of nitrogens with two attached hydrogens (primary N) is 1. The second-order valence-electron chi connectivity index (χ2n) is 9.09. The number of anilines is 1. The minimum atomic E-state index is -0.689. The lowest BCUT2D eigenvalue weighted by molar-refractivity contribution is 0.0379. The summed E-state index contributed by atoms with van der Waals surface area (Å²) in [6, 6.07) is 10.1. The molecule has 5 rings (SSSR count). The number of halogens is 3. The number of fused-ring (bicyclic) bond motifs is 1. The van der Waals surface area contributed by atoms with Crippen molar-refractivity contribution in [2.75, 3.05) is 18.8 Å². The maximum absolute atomic E-state index is 14.0. The molecule has 7 nitrogen and oxygen atoms in total. The van der Waals surface area contributed by atoms with E-state index in [1.54, 1.807) is 19.2 Å². The first-order valence-electron chi connectivity index (χ1n) is 11.6. The highest BCUT2D eigenvalue weighted by Gasteiger charge is 2.40. The molecule has 1 spiro atoms. The molecule has 0 radical (unpaired) electrons. The fraction of sp³-hybridized carbons (Fsp3) is 0.308. The van der Waals surface area contributed by atoms with E-state index in [9.17, 15) is 9.60 Å². The molecular formula is C26H25Cl2FN4O3. The normalized spacial score (nSPS) is 18.5. The molecule has 0 bridgehead atoms. The van der Waals surface area contributed by atoms with Crippen molar-refractivity contribution < 1.29 is 19.1 Å². The van der Waals surface area contributed by atoms with Crippen LogP contribution in [0.5, 0.6) is 11.5 Å². The monoisotopic (exact) mass is 530 g/mol. The zero-order valence-electron chi connectivity index (χ0n) is 19.5. The first-order chi connectivity index (χ1) is 17.3. The van der Waals surface area contributed by atoms with Gasteiger partial charge in [0.1, 0.15) is 23.3 Å². The molecule has 0 amide bonds. The number of hydrogen-bond donors (Lipinski definition) is 3. The summed E-state index contributed by atoms with van der Waals surface area (Å²) in [6.45, 7) is 3.42. The maximum atomic E-state index is 14.0. The molecule has 10 heteroatoms. The van der Waals surface area contributed by atoms with E-state index in [4.69, 9.17) is 38.4 Å². The fourth-order valence-corrected chi connectivity index (χ4v) is 5.49. The van der Waals surface area contributed by atoms with E-state index in [1.165, 1.54) is 12.1 Å². The molecule has 4 N–H and O–H groups in total. The Morgan fingerprint density at radius 3 is 2.72 bits per heavy atom. The van der Waals surface area contributed by atoms with Crippen molar-refractivity contribution in [3.05, 3.63) is 69.6 Å². The second kappa shape index (κ2) is 9.76. The third-order valence-corrected chi connectivity index (χ3v) is 7.46. The van der Waals surface area contributed by atoms with E-state index in [0.717, 1.165) is 42.6 Å². The molecule has 2 aliphatic heterocycles. The van der Waals surface area contributed by atoms with Gasteiger partial charge in [-0.2, -0.15) is 0 Å². The van der Waals surface area contributed by atoms with E-state index in [0.29, 0.717) is 29.2 Å². The van der Waals surface area contributed by atoms with Crippen LogP contribution in [0.4, 0.5) is 10.2 Å². The van der Waals surface area contributed by atoms with Crippen LogP contribution >= 0.6 is 23.2 Å². The molecule has 2 aromatic carbocycles. The summed E-state index contributed by atoms with van der Waals surface area (Å²) in [5.74, 6) is 0.565. The minimum Gasteiger partial charge on any atom is -0.486 e. The van der Waals surface area contributed by atoms with Crippen LogP contribution in [-0.2, 0) is 0 Å². The number of hydrogen-bond acceptors (Lipinski definition) is 7. The molecule has 1 saturated heterocycles. The van der Waals surface area contributed by atoms with Gasteiger partial charge in [0.2, 0.25) is 0 Å². The maximum Gasteiger partial charge on any atom is 0.166 e. The first-order valence-corrected chi connectivity index (χ1v) is 12.4. The Bertz CT molecular complexity index is 1350. The van der Waals surface area contributed by atoms with Crippen LogP contribution in [0.2, 0.25) is 10.0 Å². The summed E-state index contributed by atoms with van der Waals surface area (Å²) in [5.41, 5.74) is 8.90. The SMILES string of the molecule is C[C@@H](Oc1cc(-c2ccc3c(c2)/C(=N/O)CC2(CCNCC2)O3)cnc1N)c1c(Cl)ccc(F)c1Cl. The van der Waals surface area contributed by atoms with Gasteiger partial charge in [0.15, 0.2) is 11.6 Å². The predicted molar refractivity (Wildman–Crippen MR) is 138 cm³/mol. The molecule has 2 aliphatic rings. The Kier molecular flexibility index (Phi) is 6.68. The summed E-state index contributed by atoms with van der Waals surface area (Å²) in [7, 11) is 0. The highest BCUT2D eigenvalue weighted by atomic mass is 35.5. The lowest BCUT2D eigenvalue weighted by Gasteiger charge is -2.41. The number of pyridine rings is 1. The molecule has 0 saturated carbocycles. The smallest absolute Gasteiger partial charge is 0.166 e. The molecule has 1 fully saturated rings. The van der Waals surface area contributed by atoms with Crippen LogP contribution in [0, 0.1) is 5.82 Å². The predicted octanol–water partition coefficient (Wildman–Crippen LogP) is 6.00. The number of piperidine rings is 1. The lowest BCUT2D eigenvalue weighted by atomic mass is 9.82. The molecule has 3 heterocycles. The number of nitrogen functional groups attached to an aromatic ring is 1. The molecule has 188 valence electrons. The van der Waals surface area contributed by atoms with Crippen LogP contribution in [0.15, 0.2) is 47.8 Å². The van der Waals surface area contributed by atoms with Gasteiger partial charge in [0.25, 0.3) is 0 Å². The third-order valence-electron chi connectivity index (χ3n) is 6.75. The number of ether oxygens (including phenoxy) is 2. The average molecular weight is 531 g/mol. The van der Waals surface area contributed by atoms with Crippen molar-refractivity contribution in [2.24, 2.45) is 5.16 Å². The number of rotatable bonds is 4. The van der Waals surface area contributed by atoms with Gasteiger partial charge in [-0.3, -0.25) is 0 Å². The highest BCUT2D eigenvalue weighted by Crippen LogP contribution is 2.41. The first kappa shape index (κ1) is 24.6. The van der Waals surface area contributed by atoms with Crippen molar-refractivity contribution in [3.63, 3.8) is 0 Å². The highest BCUT2D eigenvalue weighted by molar-refractivity contribution is 6.36. The Hall–Kier alpha value is -3.07. The van der Waals surface area contributed by atoms with Gasteiger partial charge < -0.3 is 25.7 Å². The molecular weight excluding hydrogens is 506 g/mol. The molecule has 0 unspecified atom stereocenters. The average Bonchev–Trinajstić information content (AvgIpc) is 2.87. The molecule has 1 aromatic heterocycles. The van der Waals surface area contributed by atoms with Gasteiger partial charge in [0.05, 0.1) is 10.7 Å². The summed E-state index contributed by atoms with van der Waals surface area (Å²) < 4.78 is 26.4. The number of aromatic nitrogens is 1. The molecule has 0 aliphatic carbocycles. The minimum absolute atomic E-state index is 0.102. The van der Waals surface area contributed by atoms with E-state index >= 15 is 0 Å². The van der Waals surface area contributed by atoms with Crippen molar-refractivity contribution in [3.8, 4) is 22.6 Å². The largest absolute Gasteiger partial charge is 0.486 e. The Morgan fingerprint density at radius 2 is 1.97 bits per heavy atom. The van der Waals surface area contributed by atoms with Gasteiger partial charge in [-0.15, -0.1) is 0 Å². The molecule has 36 heavy (non-hydrogen) atoms. The fourth-order valence-electron chi connectivity index (χ4n) is 4.82. The van der Waals surface area contributed by atoms with Gasteiger partial charge >= 0.3 is 0 Å². The second-order valence-corrected chi connectivity index (χ2v) is 9.88. The standard InChI is InChI=1S/C26H25Cl2FN4O3/c1-14(23-18(27)3-4-19(29)24(23)28)35-22-11-16(13-32-25(22)30)15-2-5-21-17(10-15)20(33-34)12-26(36-21)6-8-31-9-7-26/h2-5,10-11,13-14,31,34H,6-9,12H2,1H3,(H2,30,32)/b33-20+/t14-/m1/s1. The van der Waals surface area contributed by atoms with Crippen LogP contribution in [0.25, 0.3) is 11.1 Å². The van der Waals surface area contributed by atoms with Gasteiger partial charge in [-0.1, -0.05) is 34.4 Å². The zero-order chi connectivity index (χ0) is 25.4. The summed E-state index contributed by atoms with van der Waals surface area (Å²) in [5, 5.41) is 16.9. The van der Waals surface area contributed by atoms with E-state index in [-0.39, 0.29) is 21.5 Å². The van der Waals surface area contributed by atoms with E-state index < -0.39 is 11.9 Å². The van der Waals surface area contributed by atoms with Crippen LogP contribution in [0.3, 0.4) is 0 Å². The number of nitrogens with one attached hydrogen (secondary N) is 1. The summed E-state index contributed by atoms with van der Waals surface area (Å²) >= 11 is 12.4. The number of oxime groups is 1. The third kappa shape index (κ3) is 4.56. The summed E-state index contributed by atoms with van der Waals surface area (Å²) in [6.07, 6.45) is 3.15. The van der Waals surface area contributed by atoms with Crippen molar-refractivity contribution in [1.29, 1.82) is 0 Å². The molecule has 3 aromatic rings. The lowest BCUT2D eigenvalue weighted by Crippen LogP contribution is -2.49. The van der Waals surface area contributed by atoms with Crippen molar-refractivity contribution >= 4 is 34.7 Å². The van der Waals surface area contributed by atoms with Crippen molar-refractivity contribution in [1.82, 2.24) is 10.3 Å². The van der Waals surface area contributed by atoms with E-state index in [1.807, 2.05) is 18.2 Å². The quantitative estimate of drug-likeness (QED) is 0.217.